The summed E-state index contributed by atoms with van der Waals surface area (Å²) in [6, 6.07) is -0.551. The maximum Gasteiger partial charge on any atom is 0.492 e. The van der Waals surface area contributed by atoms with E-state index >= 15 is 0 Å². The molecule has 0 N–H and O–H groups in total. The molecule has 15 heavy (non-hydrogen) atoms. The Hall–Kier alpha value is -1.22. The van der Waals surface area contributed by atoms with Crippen LogP contribution < -0.4 is 0 Å². The van der Waals surface area contributed by atoms with Crippen molar-refractivity contribution in [2.75, 3.05) is 6.54 Å². The number of carbonyl (C=O) groups excluding carboxylic acids is 1. The highest BCUT2D eigenvalue weighted by Crippen LogP contribution is 2.21. The van der Waals surface area contributed by atoms with Gasteiger partial charge in [0.2, 0.25) is 0 Å². The van der Waals surface area contributed by atoms with Crippen LogP contribution in [0.4, 0.5) is 13.2 Å². The molecule has 0 bridgehead atoms. The number of nitrogens with zero attached hydrogens (tertiary/aromatic N) is 1. The van der Waals surface area contributed by atoms with Crippen LogP contribution >= 0.6 is 0 Å². The number of hydrogen-bond acceptors (Lipinski definition) is 3. The molecule has 1 saturated heterocycles. The van der Waals surface area contributed by atoms with Gasteiger partial charge < -0.3 is 4.84 Å². The van der Waals surface area contributed by atoms with Crippen LogP contribution in [-0.4, -0.2) is 29.8 Å². The van der Waals surface area contributed by atoms with Gasteiger partial charge in [-0.15, -0.1) is 11.5 Å². The van der Waals surface area contributed by atoms with Gasteiger partial charge in [0.1, 0.15) is 6.04 Å². The molecular formula is C9H10F3NO2. The highest BCUT2D eigenvalue weighted by atomic mass is 19.4. The molecule has 0 aliphatic carbocycles. The van der Waals surface area contributed by atoms with Crippen LogP contribution in [0.2, 0.25) is 0 Å². The maximum atomic E-state index is 11.9. The number of carbonyl (C=O) groups is 1. The summed E-state index contributed by atoms with van der Waals surface area (Å²) in [4.78, 5) is 14.7. The molecule has 0 amide bonds. The molecule has 0 aromatic heterocycles. The third kappa shape index (κ3) is 3.13. The first-order valence-corrected chi connectivity index (χ1v) is 4.47. The molecule has 0 aromatic rings. The smallest absolute Gasteiger partial charge is 0.360 e. The fraction of sp³-hybridized carbons (Fsp3) is 0.667. The molecule has 0 saturated carbocycles. The van der Waals surface area contributed by atoms with Gasteiger partial charge in [0.15, 0.2) is 0 Å². The number of piperidine rings is 1. The quantitative estimate of drug-likeness (QED) is 0.628. The van der Waals surface area contributed by atoms with E-state index in [1.807, 2.05) is 0 Å². The van der Waals surface area contributed by atoms with Gasteiger partial charge in [-0.25, -0.2) is 4.79 Å². The molecule has 0 spiro atoms. The number of rotatable bonds is 1. The van der Waals surface area contributed by atoms with E-state index in [1.165, 1.54) is 0 Å². The molecule has 1 fully saturated rings. The van der Waals surface area contributed by atoms with Crippen LogP contribution in [0.15, 0.2) is 0 Å². The van der Waals surface area contributed by atoms with Gasteiger partial charge in [-0.2, -0.15) is 13.2 Å². The predicted octanol–water partition coefficient (Wildman–Crippen LogP) is 1.49. The van der Waals surface area contributed by atoms with Crippen LogP contribution in [-0.2, 0) is 9.63 Å². The lowest BCUT2D eigenvalue weighted by Crippen LogP contribution is -2.43. The van der Waals surface area contributed by atoms with Crippen molar-refractivity contribution in [2.24, 2.45) is 0 Å². The molecule has 0 aromatic carbocycles. The topological polar surface area (TPSA) is 29.5 Å². The van der Waals surface area contributed by atoms with E-state index in [4.69, 9.17) is 6.42 Å². The monoisotopic (exact) mass is 221 g/mol. The Morgan fingerprint density at radius 1 is 1.47 bits per heavy atom. The van der Waals surface area contributed by atoms with Crippen LogP contribution in [0.1, 0.15) is 19.3 Å². The Balaban J connectivity index is 2.57. The molecule has 1 aliphatic rings. The van der Waals surface area contributed by atoms with Gasteiger partial charge in [-0.1, -0.05) is 5.92 Å². The summed E-state index contributed by atoms with van der Waals surface area (Å²) in [5.41, 5.74) is 0. The first kappa shape index (κ1) is 11.9. The Kier molecular flexibility index (Phi) is 3.58. The van der Waals surface area contributed by atoms with Crippen molar-refractivity contribution in [3.8, 4) is 12.3 Å². The second kappa shape index (κ2) is 4.53. The fourth-order valence-corrected chi connectivity index (χ4v) is 1.34. The highest BCUT2D eigenvalue weighted by Gasteiger charge is 2.43. The summed E-state index contributed by atoms with van der Waals surface area (Å²) in [7, 11) is 0. The second-order valence-corrected chi connectivity index (χ2v) is 3.20. The zero-order valence-corrected chi connectivity index (χ0v) is 7.88. The van der Waals surface area contributed by atoms with E-state index in [0.29, 0.717) is 12.8 Å². The summed E-state index contributed by atoms with van der Waals surface area (Å²) in [6.07, 6.45) is 2.18. The van der Waals surface area contributed by atoms with Gasteiger partial charge in [0, 0.05) is 6.54 Å². The molecule has 1 heterocycles. The summed E-state index contributed by atoms with van der Waals surface area (Å²) < 4.78 is 35.6. The third-order valence-corrected chi connectivity index (χ3v) is 2.08. The lowest BCUT2D eigenvalue weighted by atomic mass is 10.1. The molecule has 84 valence electrons. The fourth-order valence-electron chi connectivity index (χ4n) is 1.34. The van der Waals surface area contributed by atoms with Gasteiger partial charge in [0.05, 0.1) is 0 Å². The van der Waals surface area contributed by atoms with Crippen LogP contribution in [0.25, 0.3) is 0 Å². The van der Waals surface area contributed by atoms with Crippen molar-refractivity contribution in [2.45, 2.75) is 31.5 Å². The molecule has 1 aliphatic heterocycles. The summed E-state index contributed by atoms with van der Waals surface area (Å²) in [6.45, 7) is 0.247. The summed E-state index contributed by atoms with van der Waals surface area (Å²) >= 11 is 0. The highest BCUT2D eigenvalue weighted by molar-refractivity contribution is 5.75. The third-order valence-electron chi connectivity index (χ3n) is 2.08. The maximum absolute atomic E-state index is 11.9. The Morgan fingerprint density at radius 3 is 2.67 bits per heavy atom. The van der Waals surface area contributed by atoms with Gasteiger partial charge in [-0.3, -0.25) is 0 Å². The van der Waals surface area contributed by atoms with Crippen molar-refractivity contribution >= 4 is 5.97 Å². The van der Waals surface area contributed by atoms with E-state index < -0.39 is 18.2 Å². The minimum atomic E-state index is -4.98. The number of hydrogen-bond donors (Lipinski definition) is 0. The van der Waals surface area contributed by atoms with Gasteiger partial charge in [-0.05, 0) is 19.3 Å². The van der Waals surface area contributed by atoms with Crippen LogP contribution in [0.5, 0.6) is 0 Å². The SMILES string of the molecule is C#CC1CCCCN1OC(=O)C(F)(F)F. The standard InChI is InChI=1S/C9H10F3NO2/c1-2-7-5-3-4-6-13(7)15-8(14)9(10,11)12/h1,7H,3-6H2. The number of halogens is 3. The Bertz CT molecular complexity index is 282. The lowest BCUT2D eigenvalue weighted by molar-refractivity contribution is -0.246. The summed E-state index contributed by atoms with van der Waals surface area (Å²) in [5.74, 6) is 0.0742. The Labute approximate surface area is 85.1 Å². The molecule has 3 nitrogen and oxygen atoms in total. The van der Waals surface area contributed by atoms with Crippen molar-refractivity contribution in [1.82, 2.24) is 5.06 Å². The van der Waals surface area contributed by atoms with Crippen LogP contribution in [0.3, 0.4) is 0 Å². The first-order valence-electron chi connectivity index (χ1n) is 4.47. The van der Waals surface area contributed by atoms with Crippen molar-refractivity contribution in [3.63, 3.8) is 0 Å². The number of terminal acetylenes is 1. The molecule has 6 heteroatoms. The molecule has 1 rings (SSSR count). The minimum Gasteiger partial charge on any atom is -0.360 e. The van der Waals surface area contributed by atoms with Crippen molar-refractivity contribution in [3.05, 3.63) is 0 Å². The molecular weight excluding hydrogens is 211 g/mol. The van der Waals surface area contributed by atoms with Crippen molar-refractivity contribution in [1.29, 1.82) is 0 Å². The average molecular weight is 221 g/mol. The number of hydroxylamine groups is 2. The minimum absolute atomic E-state index is 0.247. The largest absolute Gasteiger partial charge is 0.492 e. The average Bonchev–Trinajstić information content (AvgIpc) is 2.17. The first-order chi connectivity index (χ1) is 6.95. The Morgan fingerprint density at radius 2 is 2.13 bits per heavy atom. The second-order valence-electron chi connectivity index (χ2n) is 3.20. The van der Waals surface area contributed by atoms with E-state index in [1.54, 1.807) is 0 Å². The molecule has 0 radical (unpaired) electrons. The predicted molar refractivity (Wildman–Crippen MR) is 45.3 cm³/mol. The zero-order chi connectivity index (χ0) is 11.5. The zero-order valence-electron chi connectivity index (χ0n) is 7.88. The van der Waals surface area contributed by atoms with E-state index in [-0.39, 0.29) is 6.54 Å². The summed E-state index contributed by atoms with van der Waals surface area (Å²) in [5, 5.41) is 0.930. The molecule has 1 unspecified atom stereocenters. The van der Waals surface area contributed by atoms with E-state index in [9.17, 15) is 18.0 Å². The lowest BCUT2D eigenvalue weighted by Gasteiger charge is -2.30. The van der Waals surface area contributed by atoms with E-state index in [2.05, 4.69) is 10.8 Å². The molecule has 1 atom stereocenters. The van der Waals surface area contributed by atoms with Gasteiger partial charge >= 0.3 is 12.1 Å². The van der Waals surface area contributed by atoms with Crippen molar-refractivity contribution < 1.29 is 22.8 Å². The van der Waals surface area contributed by atoms with Crippen LogP contribution in [0, 0.1) is 12.3 Å². The van der Waals surface area contributed by atoms with Gasteiger partial charge in [0.25, 0.3) is 0 Å². The van der Waals surface area contributed by atoms with E-state index in [0.717, 1.165) is 11.5 Å². The normalized spacial score (nSPS) is 23.2. The number of alkyl halides is 3.